The molecule has 0 atom stereocenters. The van der Waals surface area contributed by atoms with Gasteiger partial charge in [-0.25, -0.2) is 9.18 Å². The Balaban J connectivity index is 3.40. The first-order valence-electron chi connectivity index (χ1n) is 3.49. The van der Waals surface area contributed by atoms with Gasteiger partial charge < -0.3 is 10.4 Å². The molecule has 0 aromatic heterocycles. The highest BCUT2D eigenvalue weighted by molar-refractivity contribution is 9.10. The minimum Gasteiger partial charge on any atom is -0.478 e. The number of amides is 1. The summed E-state index contributed by atoms with van der Waals surface area (Å²) in [4.78, 5) is 20.8. The molecule has 4 nitrogen and oxygen atoms in total. The maximum Gasteiger partial charge on any atom is 0.339 e. The molecule has 1 rings (SSSR count). The number of nitrogens with one attached hydrogen (secondary N) is 1. The van der Waals surface area contributed by atoms with E-state index in [1.54, 1.807) is 0 Å². The van der Waals surface area contributed by atoms with E-state index in [0.29, 0.717) is 0 Å². The maximum atomic E-state index is 13.1. The van der Waals surface area contributed by atoms with Crippen molar-refractivity contribution in [2.75, 3.05) is 5.32 Å². The molecule has 14 heavy (non-hydrogen) atoms. The minimum atomic E-state index is -1.32. The summed E-state index contributed by atoms with van der Waals surface area (Å²) < 4.78 is 13.3. The molecule has 0 aliphatic carbocycles. The van der Waals surface area contributed by atoms with Crippen LogP contribution in [0, 0.1) is 5.82 Å². The highest BCUT2D eigenvalue weighted by atomic mass is 79.9. The molecule has 0 radical (unpaired) electrons. The zero-order valence-electron chi connectivity index (χ0n) is 6.75. The lowest BCUT2D eigenvalue weighted by Crippen LogP contribution is -2.07. The molecule has 1 aromatic rings. The van der Waals surface area contributed by atoms with Crippen molar-refractivity contribution in [2.45, 2.75) is 0 Å². The first-order chi connectivity index (χ1) is 6.57. The molecule has 0 heterocycles. The number of hydrogen-bond acceptors (Lipinski definition) is 2. The van der Waals surface area contributed by atoms with Crippen LogP contribution in [0.1, 0.15) is 10.4 Å². The first-order valence-corrected chi connectivity index (χ1v) is 4.28. The third-order valence-corrected chi connectivity index (χ3v) is 2.18. The van der Waals surface area contributed by atoms with Gasteiger partial charge in [0.1, 0.15) is 11.4 Å². The van der Waals surface area contributed by atoms with Gasteiger partial charge in [0.05, 0.1) is 5.69 Å². The number of carbonyl (C=O) groups is 2. The highest BCUT2D eigenvalue weighted by Crippen LogP contribution is 2.27. The second-order valence-electron chi connectivity index (χ2n) is 2.35. The lowest BCUT2D eigenvalue weighted by atomic mass is 10.1. The van der Waals surface area contributed by atoms with Crippen molar-refractivity contribution < 1.29 is 19.1 Å². The fraction of sp³-hybridized carbons (Fsp3) is 0. The molecule has 0 saturated carbocycles. The summed E-state index contributed by atoms with van der Waals surface area (Å²) >= 11 is 2.95. The smallest absolute Gasteiger partial charge is 0.339 e. The molecule has 0 aliphatic rings. The van der Waals surface area contributed by atoms with Crippen LogP contribution in [0.25, 0.3) is 0 Å². The van der Waals surface area contributed by atoms with Gasteiger partial charge in [-0.1, -0.05) is 0 Å². The number of aromatic carboxylic acids is 1. The van der Waals surface area contributed by atoms with E-state index >= 15 is 0 Å². The predicted octanol–water partition coefficient (Wildman–Crippen LogP) is 1.85. The van der Waals surface area contributed by atoms with Gasteiger partial charge in [-0.2, -0.15) is 0 Å². The molecule has 1 amide bonds. The van der Waals surface area contributed by atoms with Crippen LogP contribution in [-0.2, 0) is 4.79 Å². The van der Waals surface area contributed by atoms with Crippen LogP contribution in [0.2, 0.25) is 0 Å². The van der Waals surface area contributed by atoms with Gasteiger partial charge in [0.2, 0.25) is 6.41 Å². The largest absolute Gasteiger partial charge is 0.478 e. The Morgan fingerprint density at radius 3 is 2.71 bits per heavy atom. The number of halogens is 2. The van der Waals surface area contributed by atoms with E-state index in [-0.39, 0.29) is 22.1 Å². The predicted molar refractivity (Wildman–Crippen MR) is 50.7 cm³/mol. The summed E-state index contributed by atoms with van der Waals surface area (Å²) in [5, 5.41) is 10.7. The van der Waals surface area contributed by atoms with Crippen LogP contribution in [0.4, 0.5) is 10.1 Å². The van der Waals surface area contributed by atoms with Crippen LogP contribution in [0.3, 0.4) is 0 Å². The molecule has 0 unspecified atom stereocenters. The average Bonchev–Trinajstić information content (AvgIpc) is 2.11. The molecular weight excluding hydrogens is 257 g/mol. The number of benzene rings is 1. The maximum absolute atomic E-state index is 13.1. The Morgan fingerprint density at radius 2 is 2.21 bits per heavy atom. The summed E-state index contributed by atoms with van der Waals surface area (Å²) in [6, 6.07) is 2.32. The zero-order chi connectivity index (χ0) is 10.7. The second kappa shape index (κ2) is 4.19. The number of hydrogen-bond donors (Lipinski definition) is 2. The summed E-state index contributed by atoms with van der Waals surface area (Å²) in [6.07, 6.45) is 0.220. The Kier molecular flexibility index (Phi) is 3.19. The molecule has 6 heteroatoms. The monoisotopic (exact) mass is 261 g/mol. The van der Waals surface area contributed by atoms with Gasteiger partial charge in [-0.3, -0.25) is 4.79 Å². The van der Waals surface area contributed by atoms with Crippen LogP contribution < -0.4 is 5.32 Å². The van der Waals surface area contributed by atoms with E-state index in [0.717, 1.165) is 6.07 Å². The third-order valence-electron chi connectivity index (χ3n) is 1.52. The Hall–Kier alpha value is -1.43. The lowest BCUT2D eigenvalue weighted by molar-refractivity contribution is -0.105. The van der Waals surface area contributed by atoms with E-state index in [1.165, 1.54) is 6.07 Å². The molecule has 0 saturated heterocycles. The van der Waals surface area contributed by atoms with Gasteiger partial charge >= 0.3 is 5.97 Å². The van der Waals surface area contributed by atoms with Gasteiger partial charge in [-0.15, -0.1) is 0 Å². The molecule has 0 bridgehead atoms. The molecule has 0 fully saturated rings. The molecular formula is C8H5BrFNO3. The summed E-state index contributed by atoms with van der Waals surface area (Å²) in [5.74, 6) is -2.11. The first kappa shape index (κ1) is 10.6. The molecule has 2 N–H and O–H groups in total. The number of anilines is 1. The SMILES string of the molecule is O=CNc1c(F)ccc(Br)c1C(=O)O. The zero-order valence-corrected chi connectivity index (χ0v) is 8.34. The van der Waals surface area contributed by atoms with Crippen LogP contribution in [0.15, 0.2) is 16.6 Å². The number of rotatable bonds is 3. The Morgan fingerprint density at radius 1 is 1.57 bits per heavy atom. The Bertz CT molecular complexity index is 394. The topological polar surface area (TPSA) is 66.4 Å². The van der Waals surface area contributed by atoms with Crippen LogP contribution >= 0.6 is 15.9 Å². The number of carboxylic acid groups (broad SMARTS) is 1. The summed E-state index contributed by atoms with van der Waals surface area (Å²) in [6.45, 7) is 0. The fourth-order valence-corrected chi connectivity index (χ4v) is 1.46. The summed E-state index contributed by atoms with van der Waals surface area (Å²) in [5.41, 5.74) is -0.654. The molecule has 0 aliphatic heterocycles. The molecule has 74 valence electrons. The normalized spacial score (nSPS) is 9.57. The van der Waals surface area contributed by atoms with E-state index in [9.17, 15) is 14.0 Å². The standard InChI is InChI=1S/C8H5BrFNO3/c9-4-1-2-5(10)7(11-3-12)6(4)8(13)14/h1-3H,(H,11,12)(H,13,14). The number of carboxylic acids is 1. The van der Waals surface area contributed by atoms with Gasteiger partial charge in [0.15, 0.2) is 0 Å². The van der Waals surface area contributed by atoms with Crippen molar-refractivity contribution in [3.05, 3.63) is 28.0 Å². The fourth-order valence-electron chi connectivity index (χ4n) is 0.961. The van der Waals surface area contributed by atoms with E-state index in [4.69, 9.17) is 5.11 Å². The number of carbonyl (C=O) groups excluding carboxylic acids is 1. The van der Waals surface area contributed by atoms with E-state index in [1.807, 2.05) is 5.32 Å². The lowest BCUT2D eigenvalue weighted by Gasteiger charge is -2.07. The van der Waals surface area contributed by atoms with Crippen molar-refractivity contribution in [3.63, 3.8) is 0 Å². The van der Waals surface area contributed by atoms with Crippen molar-refractivity contribution >= 4 is 34.0 Å². The van der Waals surface area contributed by atoms with E-state index < -0.39 is 11.8 Å². The van der Waals surface area contributed by atoms with Crippen molar-refractivity contribution in [1.29, 1.82) is 0 Å². The van der Waals surface area contributed by atoms with Crippen LogP contribution in [-0.4, -0.2) is 17.5 Å². The van der Waals surface area contributed by atoms with E-state index in [2.05, 4.69) is 15.9 Å². The van der Waals surface area contributed by atoms with Crippen LogP contribution in [0.5, 0.6) is 0 Å². The Labute approximate surface area is 86.9 Å². The minimum absolute atomic E-state index is 0.204. The van der Waals surface area contributed by atoms with Crippen molar-refractivity contribution in [1.82, 2.24) is 0 Å². The van der Waals surface area contributed by atoms with Gasteiger partial charge in [0.25, 0.3) is 0 Å². The van der Waals surface area contributed by atoms with Crippen molar-refractivity contribution in [2.24, 2.45) is 0 Å². The second-order valence-corrected chi connectivity index (χ2v) is 3.20. The summed E-state index contributed by atoms with van der Waals surface area (Å²) in [7, 11) is 0. The average molecular weight is 262 g/mol. The quantitative estimate of drug-likeness (QED) is 0.817. The molecule has 1 aromatic carbocycles. The third kappa shape index (κ3) is 1.90. The van der Waals surface area contributed by atoms with Gasteiger partial charge in [0, 0.05) is 4.47 Å². The van der Waals surface area contributed by atoms with Crippen molar-refractivity contribution in [3.8, 4) is 0 Å². The molecule has 0 spiro atoms. The van der Waals surface area contributed by atoms with Gasteiger partial charge in [-0.05, 0) is 28.1 Å². The highest BCUT2D eigenvalue weighted by Gasteiger charge is 2.17.